The fraction of sp³-hybridized carbons (Fsp3) is 0.118. The molecule has 0 aliphatic rings. The highest BCUT2D eigenvalue weighted by Gasteiger charge is 2.11. The number of ether oxygens (including phenoxy) is 1. The summed E-state index contributed by atoms with van der Waals surface area (Å²) in [6, 6.07) is 13.2. The standard InChI is InChI=1S/C17H12F2N2O2S/c18-17(19)23-12-7-5-11(6-8-12)15(22)9-24-16-13-3-1-2-4-14(13)20-10-21-16/h1-8,10,17H,9H2. The van der Waals surface area contributed by atoms with E-state index in [1.807, 2.05) is 24.3 Å². The number of halogens is 2. The molecule has 0 saturated carbocycles. The molecule has 0 fully saturated rings. The van der Waals surface area contributed by atoms with Crippen molar-refractivity contribution in [3.05, 3.63) is 60.4 Å². The summed E-state index contributed by atoms with van der Waals surface area (Å²) in [5.74, 6) is 0.0954. The highest BCUT2D eigenvalue weighted by molar-refractivity contribution is 8.00. The maximum atomic E-state index is 12.2. The van der Waals surface area contributed by atoms with Gasteiger partial charge in [-0.1, -0.05) is 30.0 Å². The van der Waals surface area contributed by atoms with Crippen molar-refractivity contribution in [1.29, 1.82) is 0 Å². The maximum Gasteiger partial charge on any atom is 0.387 e. The van der Waals surface area contributed by atoms with Crippen LogP contribution in [0.25, 0.3) is 10.9 Å². The van der Waals surface area contributed by atoms with Gasteiger partial charge in [0.1, 0.15) is 17.1 Å². The number of fused-ring (bicyclic) bond motifs is 1. The molecular formula is C17H12F2N2O2S. The summed E-state index contributed by atoms with van der Waals surface area (Å²) in [7, 11) is 0. The average molecular weight is 346 g/mol. The third-order valence-electron chi connectivity index (χ3n) is 3.25. The molecule has 7 heteroatoms. The predicted octanol–water partition coefficient (Wildman–Crippen LogP) is 4.21. The zero-order valence-corrected chi connectivity index (χ0v) is 13.2. The molecule has 0 saturated heterocycles. The first-order valence-corrected chi connectivity index (χ1v) is 8.02. The van der Waals surface area contributed by atoms with Gasteiger partial charge in [0.15, 0.2) is 5.78 Å². The van der Waals surface area contributed by atoms with Crippen LogP contribution in [0.2, 0.25) is 0 Å². The van der Waals surface area contributed by atoms with Crippen molar-refractivity contribution >= 4 is 28.4 Å². The Bertz CT molecular complexity index is 851. The van der Waals surface area contributed by atoms with Gasteiger partial charge in [0.25, 0.3) is 0 Å². The van der Waals surface area contributed by atoms with E-state index in [9.17, 15) is 13.6 Å². The van der Waals surface area contributed by atoms with E-state index in [1.165, 1.54) is 42.4 Å². The lowest BCUT2D eigenvalue weighted by molar-refractivity contribution is -0.0498. The number of carbonyl (C=O) groups excluding carboxylic acids is 1. The largest absolute Gasteiger partial charge is 0.435 e. The summed E-state index contributed by atoms with van der Waals surface area (Å²) < 4.78 is 28.5. The molecule has 0 atom stereocenters. The van der Waals surface area contributed by atoms with Gasteiger partial charge in [-0.05, 0) is 30.3 Å². The Morgan fingerprint density at radius 1 is 1.08 bits per heavy atom. The first-order chi connectivity index (χ1) is 11.6. The number of alkyl halides is 2. The fourth-order valence-corrected chi connectivity index (χ4v) is 3.02. The molecule has 2 aromatic carbocycles. The Labute approximate surface area is 140 Å². The molecule has 0 aliphatic heterocycles. The predicted molar refractivity (Wildman–Crippen MR) is 87.7 cm³/mol. The molecule has 0 bridgehead atoms. The molecule has 0 spiro atoms. The van der Waals surface area contributed by atoms with E-state index in [0.717, 1.165) is 15.9 Å². The van der Waals surface area contributed by atoms with Gasteiger partial charge >= 0.3 is 6.61 Å². The molecule has 0 amide bonds. The zero-order chi connectivity index (χ0) is 16.9. The van der Waals surface area contributed by atoms with Gasteiger partial charge in [0, 0.05) is 10.9 Å². The minimum atomic E-state index is -2.88. The van der Waals surface area contributed by atoms with Gasteiger partial charge in [-0.25, -0.2) is 9.97 Å². The second kappa shape index (κ2) is 7.35. The molecule has 0 radical (unpaired) electrons. The molecule has 122 valence electrons. The van der Waals surface area contributed by atoms with Crippen LogP contribution in [0.3, 0.4) is 0 Å². The summed E-state index contributed by atoms with van der Waals surface area (Å²) in [6.07, 6.45) is 1.46. The van der Waals surface area contributed by atoms with Crippen LogP contribution in [0.5, 0.6) is 5.75 Å². The molecule has 0 aliphatic carbocycles. The number of ketones is 1. The van der Waals surface area contributed by atoms with E-state index in [2.05, 4.69) is 14.7 Å². The summed E-state index contributed by atoms with van der Waals surface area (Å²) in [5.41, 5.74) is 1.25. The third kappa shape index (κ3) is 3.86. The molecule has 3 aromatic rings. The van der Waals surface area contributed by atoms with E-state index >= 15 is 0 Å². The molecule has 0 unspecified atom stereocenters. The van der Waals surface area contributed by atoms with Crippen LogP contribution in [0.15, 0.2) is 59.9 Å². The normalized spacial score (nSPS) is 11.0. The third-order valence-corrected chi connectivity index (χ3v) is 4.25. The first-order valence-electron chi connectivity index (χ1n) is 7.04. The molecule has 1 aromatic heterocycles. The topological polar surface area (TPSA) is 52.1 Å². The van der Waals surface area contributed by atoms with Gasteiger partial charge in [0.05, 0.1) is 11.3 Å². The van der Waals surface area contributed by atoms with Crippen LogP contribution >= 0.6 is 11.8 Å². The van der Waals surface area contributed by atoms with Crippen molar-refractivity contribution in [2.75, 3.05) is 5.75 Å². The molecule has 0 N–H and O–H groups in total. The van der Waals surface area contributed by atoms with Gasteiger partial charge in [-0.15, -0.1) is 0 Å². The Morgan fingerprint density at radius 2 is 1.83 bits per heavy atom. The number of nitrogens with zero attached hydrogens (tertiary/aromatic N) is 2. The fourth-order valence-electron chi connectivity index (χ4n) is 2.13. The number of hydrogen-bond donors (Lipinski definition) is 0. The lowest BCUT2D eigenvalue weighted by Gasteiger charge is -2.06. The van der Waals surface area contributed by atoms with Crippen molar-refractivity contribution in [3.63, 3.8) is 0 Å². The Hall–Kier alpha value is -2.54. The van der Waals surface area contributed by atoms with E-state index < -0.39 is 6.61 Å². The monoisotopic (exact) mass is 346 g/mol. The highest BCUT2D eigenvalue weighted by Crippen LogP contribution is 2.25. The Morgan fingerprint density at radius 3 is 2.58 bits per heavy atom. The van der Waals surface area contributed by atoms with Gasteiger partial charge in [0.2, 0.25) is 0 Å². The van der Waals surface area contributed by atoms with Crippen LogP contribution in [-0.4, -0.2) is 28.1 Å². The summed E-state index contributed by atoms with van der Waals surface area (Å²) in [4.78, 5) is 20.6. The minimum Gasteiger partial charge on any atom is -0.435 e. The van der Waals surface area contributed by atoms with Crippen molar-refractivity contribution in [1.82, 2.24) is 9.97 Å². The smallest absolute Gasteiger partial charge is 0.387 e. The van der Waals surface area contributed by atoms with Crippen LogP contribution in [-0.2, 0) is 0 Å². The zero-order valence-electron chi connectivity index (χ0n) is 12.4. The second-order valence-corrected chi connectivity index (χ2v) is 5.77. The van der Waals surface area contributed by atoms with Crippen LogP contribution in [0.4, 0.5) is 8.78 Å². The quantitative estimate of drug-likeness (QED) is 0.380. The summed E-state index contributed by atoms with van der Waals surface area (Å²) in [5, 5.41) is 1.62. The second-order valence-electron chi connectivity index (χ2n) is 4.81. The van der Waals surface area contributed by atoms with Crippen LogP contribution < -0.4 is 4.74 Å². The summed E-state index contributed by atoms with van der Waals surface area (Å²) in [6.45, 7) is -2.88. The van der Waals surface area contributed by atoms with Crippen LogP contribution in [0.1, 0.15) is 10.4 Å². The van der Waals surface area contributed by atoms with Crippen molar-refractivity contribution in [2.45, 2.75) is 11.6 Å². The van der Waals surface area contributed by atoms with Gasteiger partial charge in [-0.2, -0.15) is 8.78 Å². The van der Waals surface area contributed by atoms with E-state index in [1.54, 1.807) is 0 Å². The van der Waals surface area contributed by atoms with E-state index in [0.29, 0.717) is 5.56 Å². The number of aromatic nitrogens is 2. The van der Waals surface area contributed by atoms with E-state index in [-0.39, 0.29) is 17.3 Å². The average Bonchev–Trinajstić information content (AvgIpc) is 2.59. The number of benzene rings is 2. The van der Waals surface area contributed by atoms with E-state index in [4.69, 9.17) is 0 Å². The van der Waals surface area contributed by atoms with Crippen molar-refractivity contribution in [3.8, 4) is 5.75 Å². The molecule has 4 nitrogen and oxygen atoms in total. The number of para-hydroxylation sites is 1. The van der Waals surface area contributed by atoms with Crippen molar-refractivity contribution < 1.29 is 18.3 Å². The summed E-state index contributed by atoms with van der Waals surface area (Å²) >= 11 is 1.32. The van der Waals surface area contributed by atoms with Crippen LogP contribution in [0, 0.1) is 0 Å². The number of hydrogen-bond acceptors (Lipinski definition) is 5. The Kier molecular flexibility index (Phi) is 5.00. The highest BCUT2D eigenvalue weighted by atomic mass is 32.2. The first kappa shape index (κ1) is 16.3. The van der Waals surface area contributed by atoms with Gasteiger partial charge in [-0.3, -0.25) is 4.79 Å². The molecule has 3 rings (SSSR count). The minimum absolute atomic E-state index is 0.0241. The maximum absolute atomic E-state index is 12.2. The molecule has 24 heavy (non-hydrogen) atoms. The SMILES string of the molecule is O=C(CSc1ncnc2ccccc12)c1ccc(OC(F)F)cc1. The number of thioether (sulfide) groups is 1. The Balaban J connectivity index is 1.68. The number of Topliss-reactive ketones (excluding diaryl/α,β-unsaturated/α-hetero) is 1. The molecule has 1 heterocycles. The van der Waals surface area contributed by atoms with Crippen molar-refractivity contribution in [2.24, 2.45) is 0 Å². The lowest BCUT2D eigenvalue weighted by Crippen LogP contribution is -2.04. The molecular weight excluding hydrogens is 334 g/mol. The number of rotatable bonds is 6. The number of carbonyl (C=O) groups is 1. The van der Waals surface area contributed by atoms with Gasteiger partial charge < -0.3 is 4.74 Å². The lowest BCUT2D eigenvalue weighted by atomic mass is 10.1.